The number of aryl methyl sites for hydroxylation is 2. The quantitative estimate of drug-likeness (QED) is 0.739. The lowest BCUT2D eigenvalue weighted by molar-refractivity contribution is 0.0900. The minimum atomic E-state index is -0.182. The van der Waals surface area contributed by atoms with E-state index in [2.05, 4.69) is 25.5 Å². The lowest BCUT2D eigenvalue weighted by Crippen LogP contribution is -2.44. The Kier molecular flexibility index (Phi) is 5.58. The molecule has 2 aromatic heterocycles. The standard InChI is InChI=1S/C17H24N6O3/c1-10-6-14(19-11(2)18-10)17(25)20-13-7-12(8-13)16-22-21-15(9-24)23(16)4-5-26-3/h6,12-13,24H,4-5,7-9H2,1-3H3,(H,20,25). The molecule has 0 unspecified atom stereocenters. The third-order valence-electron chi connectivity index (χ3n) is 4.55. The fourth-order valence-corrected chi connectivity index (χ4v) is 3.23. The first-order chi connectivity index (χ1) is 12.5. The van der Waals surface area contributed by atoms with Crippen molar-refractivity contribution < 1.29 is 14.6 Å². The Hall–Kier alpha value is -2.39. The summed E-state index contributed by atoms with van der Waals surface area (Å²) < 4.78 is 7.02. The number of amides is 1. The third-order valence-corrected chi connectivity index (χ3v) is 4.55. The lowest BCUT2D eigenvalue weighted by atomic mass is 9.79. The number of aromatic nitrogens is 5. The molecule has 2 N–H and O–H groups in total. The minimum Gasteiger partial charge on any atom is -0.388 e. The van der Waals surface area contributed by atoms with Gasteiger partial charge in [-0.25, -0.2) is 9.97 Å². The Balaban J connectivity index is 1.60. The van der Waals surface area contributed by atoms with Crippen LogP contribution in [0.25, 0.3) is 0 Å². The third kappa shape index (κ3) is 3.88. The van der Waals surface area contributed by atoms with Crippen molar-refractivity contribution in [3.63, 3.8) is 0 Å². The largest absolute Gasteiger partial charge is 0.388 e. The second-order valence-electron chi connectivity index (χ2n) is 6.56. The molecule has 1 aliphatic rings. The summed E-state index contributed by atoms with van der Waals surface area (Å²) in [7, 11) is 1.63. The van der Waals surface area contributed by atoms with Crippen LogP contribution in [-0.2, 0) is 17.9 Å². The maximum absolute atomic E-state index is 12.4. The molecule has 0 atom stereocenters. The fourth-order valence-electron chi connectivity index (χ4n) is 3.23. The Labute approximate surface area is 151 Å². The summed E-state index contributed by atoms with van der Waals surface area (Å²) in [6.45, 7) is 4.58. The Bertz CT molecular complexity index is 765. The van der Waals surface area contributed by atoms with E-state index in [0.29, 0.717) is 30.5 Å². The molecule has 0 spiro atoms. The fraction of sp³-hybridized carbons (Fsp3) is 0.588. The molecular weight excluding hydrogens is 336 g/mol. The van der Waals surface area contributed by atoms with E-state index in [-0.39, 0.29) is 24.5 Å². The van der Waals surface area contributed by atoms with Gasteiger partial charge in [-0.15, -0.1) is 10.2 Å². The molecule has 0 bridgehead atoms. The highest BCUT2D eigenvalue weighted by atomic mass is 16.5. The van der Waals surface area contributed by atoms with Gasteiger partial charge in [-0.05, 0) is 32.8 Å². The number of rotatable bonds is 7. The number of carbonyl (C=O) groups is 1. The first kappa shape index (κ1) is 18.4. The van der Waals surface area contributed by atoms with Gasteiger partial charge in [-0.1, -0.05) is 0 Å². The van der Waals surface area contributed by atoms with Crippen molar-refractivity contribution >= 4 is 5.91 Å². The zero-order chi connectivity index (χ0) is 18.7. The van der Waals surface area contributed by atoms with E-state index < -0.39 is 0 Å². The summed E-state index contributed by atoms with van der Waals surface area (Å²) in [5, 5.41) is 20.7. The molecule has 0 aliphatic heterocycles. The molecule has 1 aliphatic carbocycles. The first-order valence-electron chi connectivity index (χ1n) is 8.66. The molecule has 9 heteroatoms. The summed E-state index contributed by atoms with van der Waals surface area (Å²) in [5.41, 5.74) is 1.17. The predicted molar refractivity (Wildman–Crippen MR) is 92.6 cm³/mol. The Morgan fingerprint density at radius 3 is 2.77 bits per heavy atom. The summed E-state index contributed by atoms with van der Waals surface area (Å²) >= 11 is 0. The molecule has 2 aromatic rings. The second kappa shape index (κ2) is 7.88. The molecule has 0 radical (unpaired) electrons. The van der Waals surface area contributed by atoms with Crippen LogP contribution in [0.4, 0.5) is 0 Å². The van der Waals surface area contributed by atoms with Crippen LogP contribution in [0.3, 0.4) is 0 Å². The van der Waals surface area contributed by atoms with E-state index in [1.54, 1.807) is 20.1 Å². The van der Waals surface area contributed by atoms with Crippen LogP contribution >= 0.6 is 0 Å². The molecule has 1 saturated carbocycles. The van der Waals surface area contributed by atoms with Gasteiger partial charge in [0.25, 0.3) is 5.91 Å². The number of carbonyl (C=O) groups excluding carboxylic acids is 1. The normalized spacial score (nSPS) is 19.2. The van der Waals surface area contributed by atoms with E-state index >= 15 is 0 Å². The van der Waals surface area contributed by atoms with Crippen LogP contribution in [0.5, 0.6) is 0 Å². The van der Waals surface area contributed by atoms with Gasteiger partial charge in [0.2, 0.25) is 0 Å². The number of nitrogens with one attached hydrogen (secondary N) is 1. The number of ether oxygens (including phenoxy) is 1. The van der Waals surface area contributed by atoms with Crippen LogP contribution < -0.4 is 5.32 Å². The zero-order valence-electron chi connectivity index (χ0n) is 15.3. The average molecular weight is 360 g/mol. The first-order valence-corrected chi connectivity index (χ1v) is 8.66. The Morgan fingerprint density at radius 1 is 1.35 bits per heavy atom. The number of aliphatic hydroxyl groups is 1. The molecule has 26 heavy (non-hydrogen) atoms. The topological polar surface area (TPSA) is 115 Å². The van der Waals surface area contributed by atoms with E-state index in [1.165, 1.54) is 0 Å². The van der Waals surface area contributed by atoms with E-state index in [4.69, 9.17) is 4.74 Å². The maximum Gasteiger partial charge on any atom is 0.270 e. The molecule has 2 heterocycles. The number of nitrogens with zero attached hydrogens (tertiary/aromatic N) is 5. The van der Waals surface area contributed by atoms with Crippen molar-refractivity contribution in [2.24, 2.45) is 0 Å². The molecule has 0 aromatic carbocycles. The SMILES string of the molecule is COCCn1c(CO)nnc1C1CC(NC(=O)c2cc(C)nc(C)n2)C1. The number of hydrogen-bond acceptors (Lipinski definition) is 7. The van der Waals surface area contributed by atoms with E-state index in [0.717, 1.165) is 24.4 Å². The zero-order valence-corrected chi connectivity index (χ0v) is 15.3. The Morgan fingerprint density at radius 2 is 2.12 bits per heavy atom. The molecule has 9 nitrogen and oxygen atoms in total. The molecule has 3 rings (SSSR count). The van der Waals surface area contributed by atoms with Crippen molar-refractivity contribution in [3.8, 4) is 0 Å². The van der Waals surface area contributed by atoms with E-state index in [1.807, 2.05) is 11.5 Å². The predicted octanol–water partition coefficient (Wildman–Crippen LogP) is 0.500. The van der Waals surface area contributed by atoms with Crippen molar-refractivity contribution in [3.05, 3.63) is 34.9 Å². The molecular formula is C17H24N6O3. The average Bonchev–Trinajstić information content (AvgIpc) is 2.97. The lowest BCUT2D eigenvalue weighted by Gasteiger charge is -2.35. The van der Waals surface area contributed by atoms with Gasteiger partial charge in [0.05, 0.1) is 6.61 Å². The summed E-state index contributed by atoms with van der Waals surface area (Å²) in [4.78, 5) is 20.8. The van der Waals surface area contributed by atoms with Gasteiger partial charge in [-0.3, -0.25) is 4.79 Å². The van der Waals surface area contributed by atoms with Crippen LogP contribution in [-0.4, -0.2) is 55.5 Å². The smallest absolute Gasteiger partial charge is 0.270 e. The molecule has 0 saturated heterocycles. The highest BCUT2D eigenvalue weighted by molar-refractivity contribution is 5.92. The second-order valence-corrected chi connectivity index (χ2v) is 6.56. The monoisotopic (exact) mass is 360 g/mol. The summed E-state index contributed by atoms with van der Waals surface area (Å²) in [6.07, 6.45) is 1.57. The van der Waals surface area contributed by atoms with Gasteiger partial charge in [-0.2, -0.15) is 0 Å². The molecule has 1 fully saturated rings. The van der Waals surface area contributed by atoms with Gasteiger partial charge in [0, 0.05) is 31.3 Å². The van der Waals surface area contributed by atoms with Crippen molar-refractivity contribution in [2.75, 3.05) is 13.7 Å². The van der Waals surface area contributed by atoms with Gasteiger partial charge in [0.1, 0.15) is 23.9 Å². The van der Waals surface area contributed by atoms with E-state index in [9.17, 15) is 9.90 Å². The molecule has 1 amide bonds. The van der Waals surface area contributed by atoms with Crippen molar-refractivity contribution in [2.45, 2.75) is 51.8 Å². The van der Waals surface area contributed by atoms with Crippen LogP contribution in [0.1, 0.15) is 52.4 Å². The highest BCUT2D eigenvalue weighted by Gasteiger charge is 2.35. The summed E-state index contributed by atoms with van der Waals surface area (Å²) in [5.74, 6) is 1.99. The van der Waals surface area contributed by atoms with Crippen molar-refractivity contribution in [1.82, 2.24) is 30.0 Å². The maximum atomic E-state index is 12.4. The highest BCUT2D eigenvalue weighted by Crippen LogP contribution is 2.36. The number of aliphatic hydroxyl groups excluding tert-OH is 1. The minimum absolute atomic E-state index is 0.0771. The van der Waals surface area contributed by atoms with Crippen LogP contribution in [0, 0.1) is 13.8 Å². The van der Waals surface area contributed by atoms with Gasteiger partial charge < -0.3 is 19.7 Å². The van der Waals surface area contributed by atoms with Crippen molar-refractivity contribution in [1.29, 1.82) is 0 Å². The number of hydrogen-bond donors (Lipinski definition) is 2. The number of methoxy groups -OCH3 is 1. The van der Waals surface area contributed by atoms with Gasteiger partial charge in [0.15, 0.2) is 5.82 Å². The van der Waals surface area contributed by atoms with Gasteiger partial charge >= 0.3 is 0 Å². The molecule has 140 valence electrons. The van der Waals surface area contributed by atoms with Crippen LogP contribution in [0.2, 0.25) is 0 Å². The summed E-state index contributed by atoms with van der Waals surface area (Å²) in [6, 6.07) is 1.76. The van der Waals surface area contributed by atoms with Crippen LogP contribution in [0.15, 0.2) is 6.07 Å².